The Kier molecular flexibility index (Phi) is 22.3. The number of thioether (sulfide) groups is 1. The molecule has 24 nitrogen and oxygen atoms in total. The highest BCUT2D eigenvalue weighted by atomic mass is 32.2. The number of likely N-dealkylation sites (tertiary alicyclic amines) is 1. The Balaban J connectivity index is 2.30. The average Bonchev–Trinajstić information content (AvgIpc) is 3.74. The van der Waals surface area contributed by atoms with E-state index in [0.29, 0.717) is 17.7 Å². The summed E-state index contributed by atoms with van der Waals surface area (Å²) in [7, 11) is 0. The summed E-state index contributed by atoms with van der Waals surface area (Å²) >= 11 is 1.35. The minimum atomic E-state index is -1.78. The Bertz CT molecular complexity index is 1810. The van der Waals surface area contributed by atoms with Crippen LogP contribution < -0.4 is 49.1 Å². The fourth-order valence-corrected chi connectivity index (χ4v) is 6.66. The van der Waals surface area contributed by atoms with E-state index in [1.54, 1.807) is 6.26 Å². The van der Waals surface area contributed by atoms with Gasteiger partial charge in [0.25, 0.3) is 0 Å². The molecule has 0 aliphatic carbocycles. The van der Waals surface area contributed by atoms with Crippen molar-refractivity contribution in [1.29, 1.82) is 0 Å². The molecule has 350 valence electrons. The van der Waals surface area contributed by atoms with Crippen LogP contribution in [0.15, 0.2) is 24.3 Å². The van der Waals surface area contributed by atoms with Crippen molar-refractivity contribution in [2.75, 3.05) is 31.8 Å². The number of aliphatic carboxylic acids is 1. The summed E-state index contributed by atoms with van der Waals surface area (Å²) < 4.78 is 0. The Hall–Kier alpha value is -6.05. The molecule has 0 spiro atoms. The first-order chi connectivity index (χ1) is 29.7. The molecule has 0 saturated carbocycles. The minimum Gasteiger partial charge on any atom is -0.508 e. The quantitative estimate of drug-likeness (QED) is 0.0392. The monoisotopic (exact) mass is 910 g/mol. The Labute approximate surface area is 366 Å². The van der Waals surface area contributed by atoms with Crippen molar-refractivity contribution in [2.45, 2.75) is 107 Å². The number of primary amides is 2. The van der Waals surface area contributed by atoms with E-state index >= 15 is 0 Å². The maximum absolute atomic E-state index is 13.8. The number of nitrogens with one attached hydrogen (secondary N) is 6. The average molecular weight is 911 g/mol. The summed E-state index contributed by atoms with van der Waals surface area (Å²) in [6.45, 7) is -0.650. The zero-order chi connectivity index (χ0) is 47.4. The lowest BCUT2D eigenvalue weighted by Gasteiger charge is -2.30. The first-order valence-corrected chi connectivity index (χ1v) is 21.3. The number of phenols is 1. The van der Waals surface area contributed by atoms with Crippen molar-refractivity contribution in [1.82, 2.24) is 36.8 Å². The molecule has 9 amide bonds. The first-order valence-electron chi connectivity index (χ1n) is 19.9. The molecule has 0 radical (unpaired) electrons. The van der Waals surface area contributed by atoms with Crippen LogP contribution in [-0.4, -0.2) is 165 Å². The highest BCUT2D eigenvalue weighted by Crippen LogP contribution is 2.20. The lowest BCUT2D eigenvalue weighted by Crippen LogP contribution is -2.61. The maximum atomic E-state index is 13.8. The number of phenolic OH excluding ortho intramolecular Hbond substituents is 1. The maximum Gasteiger partial charge on any atom is 0.325 e. The minimum absolute atomic E-state index is 0.0666. The van der Waals surface area contributed by atoms with E-state index in [4.69, 9.17) is 17.2 Å². The van der Waals surface area contributed by atoms with Gasteiger partial charge >= 0.3 is 5.97 Å². The fourth-order valence-electron chi connectivity index (χ4n) is 6.19. The molecule has 25 heteroatoms. The molecule has 16 N–H and O–H groups in total. The number of hydrogen-bond donors (Lipinski definition) is 13. The van der Waals surface area contributed by atoms with Crippen molar-refractivity contribution in [3.05, 3.63) is 29.8 Å². The molecule has 8 atom stereocenters. The second kappa shape index (κ2) is 26.4. The number of hydrogen-bond acceptors (Lipinski definition) is 15. The van der Waals surface area contributed by atoms with Gasteiger partial charge in [0.15, 0.2) is 0 Å². The van der Waals surface area contributed by atoms with Gasteiger partial charge in [-0.3, -0.25) is 47.9 Å². The third kappa shape index (κ3) is 17.7. The predicted molar refractivity (Wildman–Crippen MR) is 223 cm³/mol. The Morgan fingerprint density at radius 1 is 0.714 bits per heavy atom. The van der Waals surface area contributed by atoms with E-state index < -0.39 is 127 Å². The molecule has 1 fully saturated rings. The van der Waals surface area contributed by atoms with E-state index in [2.05, 4.69) is 31.9 Å². The molecule has 1 aliphatic heterocycles. The Morgan fingerprint density at radius 3 is 1.73 bits per heavy atom. The number of nitrogens with two attached hydrogens (primary N) is 3. The van der Waals surface area contributed by atoms with Crippen molar-refractivity contribution >= 4 is 70.9 Å². The van der Waals surface area contributed by atoms with Crippen LogP contribution in [0.5, 0.6) is 5.75 Å². The summed E-state index contributed by atoms with van der Waals surface area (Å²) in [6.07, 6.45) is 0.961. The van der Waals surface area contributed by atoms with Crippen molar-refractivity contribution in [2.24, 2.45) is 17.2 Å². The molecular weight excluding hydrogens is 853 g/mol. The second-order valence-electron chi connectivity index (χ2n) is 14.7. The number of carboxylic acid groups (broad SMARTS) is 1. The summed E-state index contributed by atoms with van der Waals surface area (Å²) in [5.74, 6) is -9.16. The van der Waals surface area contributed by atoms with Crippen LogP contribution >= 0.6 is 11.8 Å². The molecule has 0 unspecified atom stereocenters. The molecule has 1 aromatic carbocycles. The van der Waals surface area contributed by atoms with Crippen LogP contribution in [0.3, 0.4) is 0 Å². The van der Waals surface area contributed by atoms with Crippen LogP contribution in [-0.2, 0) is 54.4 Å². The molecule has 1 saturated heterocycles. The van der Waals surface area contributed by atoms with E-state index in [1.165, 1.54) is 47.9 Å². The summed E-state index contributed by atoms with van der Waals surface area (Å²) in [5, 5.41) is 53.5. The number of carbonyl (C=O) groups excluding carboxylic acids is 9. The standard InChI is InChI=1S/C38H58N10O14S/c1-19(38(61)62)42-36(59)28-4-3-14-48(28)37(60)24(13-15-63-2)44-34(57)26(17-49)47-33(56)25(16-20-5-7-21(51)8-6-20)45-35(58)27(18-50)46-32(55)23(10-12-30(41)53)43-31(54)22(39)9-11-29(40)52/h5-8,19,22-28,49-51H,3-4,9-18,39H2,1-2H3,(H2,40,52)(H2,41,53)(H,42,59)(H,43,54)(H,44,57)(H,45,58)(H,46,55)(H,47,56)(H,61,62)/t19-,22-,23-,24-,25-,26-,27-,28-/m0/s1. The number of carboxylic acids is 1. The van der Waals surface area contributed by atoms with Gasteiger partial charge in [-0.05, 0) is 68.7 Å². The van der Waals surface area contributed by atoms with Crippen molar-refractivity contribution in [3.63, 3.8) is 0 Å². The molecule has 0 aromatic heterocycles. The molecule has 1 heterocycles. The highest BCUT2D eigenvalue weighted by molar-refractivity contribution is 7.98. The van der Waals surface area contributed by atoms with Crippen LogP contribution in [0.25, 0.3) is 0 Å². The normalized spacial score (nSPS) is 16.7. The van der Waals surface area contributed by atoms with Crippen LogP contribution in [0.4, 0.5) is 0 Å². The second-order valence-corrected chi connectivity index (χ2v) is 15.7. The third-order valence-electron chi connectivity index (χ3n) is 9.78. The fraction of sp³-hybridized carbons (Fsp3) is 0.579. The molecular formula is C38H58N10O14S. The van der Waals surface area contributed by atoms with E-state index in [-0.39, 0.29) is 50.8 Å². The van der Waals surface area contributed by atoms with E-state index in [0.717, 1.165) is 0 Å². The van der Waals surface area contributed by atoms with Crippen molar-refractivity contribution in [3.8, 4) is 5.75 Å². The largest absolute Gasteiger partial charge is 0.508 e. The van der Waals surface area contributed by atoms with Crippen LogP contribution in [0.1, 0.15) is 57.4 Å². The zero-order valence-corrected chi connectivity index (χ0v) is 35.7. The Morgan fingerprint density at radius 2 is 1.21 bits per heavy atom. The topological polar surface area (TPSA) is 405 Å². The van der Waals surface area contributed by atoms with Gasteiger partial charge < -0.3 is 74.4 Å². The number of carbonyl (C=O) groups is 10. The molecule has 2 rings (SSSR count). The van der Waals surface area contributed by atoms with Crippen molar-refractivity contribution < 1.29 is 68.4 Å². The van der Waals surface area contributed by atoms with Crippen LogP contribution in [0.2, 0.25) is 0 Å². The number of aromatic hydroxyl groups is 1. The SMILES string of the molecule is CSCC[C@H](NC(=O)[C@H](CO)NC(=O)[C@H](Cc1ccc(O)cc1)NC(=O)[C@H](CO)NC(=O)[C@H](CCC(N)=O)NC(=O)[C@@H](N)CCC(N)=O)C(=O)N1CCC[C@H]1C(=O)N[C@@H](C)C(=O)O. The number of aliphatic hydroxyl groups is 2. The number of benzene rings is 1. The smallest absolute Gasteiger partial charge is 0.325 e. The van der Waals surface area contributed by atoms with Gasteiger partial charge in [-0.15, -0.1) is 0 Å². The van der Waals surface area contributed by atoms with Gasteiger partial charge in [0.1, 0.15) is 48.0 Å². The van der Waals surface area contributed by atoms with Gasteiger partial charge in [-0.1, -0.05) is 12.1 Å². The number of aliphatic hydroxyl groups excluding tert-OH is 2. The summed E-state index contributed by atoms with van der Waals surface area (Å²) in [5.41, 5.74) is 16.5. The van der Waals surface area contributed by atoms with Crippen LogP contribution in [0, 0.1) is 0 Å². The van der Waals surface area contributed by atoms with Gasteiger partial charge in [0.2, 0.25) is 53.2 Å². The predicted octanol–water partition coefficient (Wildman–Crippen LogP) is -5.47. The third-order valence-corrected chi connectivity index (χ3v) is 10.4. The van der Waals surface area contributed by atoms with E-state index in [1.807, 2.05) is 0 Å². The molecule has 0 bridgehead atoms. The summed E-state index contributed by atoms with van der Waals surface area (Å²) in [6, 6.07) is -5.98. The molecule has 63 heavy (non-hydrogen) atoms. The molecule has 1 aromatic rings. The van der Waals surface area contributed by atoms with E-state index in [9.17, 15) is 68.4 Å². The first kappa shape index (κ1) is 53.1. The lowest BCUT2D eigenvalue weighted by atomic mass is 10.0. The zero-order valence-electron chi connectivity index (χ0n) is 34.9. The highest BCUT2D eigenvalue weighted by Gasteiger charge is 2.39. The van der Waals surface area contributed by atoms with Gasteiger partial charge in [0, 0.05) is 25.8 Å². The number of amides is 9. The lowest BCUT2D eigenvalue weighted by molar-refractivity contribution is -0.144. The van der Waals surface area contributed by atoms with Gasteiger partial charge in [0.05, 0.1) is 19.3 Å². The number of nitrogens with zero attached hydrogens (tertiary/aromatic N) is 1. The van der Waals surface area contributed by atoms with Gasteiger partial charge in [-0.2, -0.15) is 11.8 Å². The molecule has 1 aliphatic rings. The number of rotatable bonds is 27. The van der Waals surface area contributed by atoms with Gasteiger partial charge in [-0.25, -0.2) is 0 Å². The summed E-state index contributed by atoms with van der Waals surface area (Å²) in [4.78, 5) is 129.